The SMILES string of the molecule is CSc1ccc(CCC(=O)N2CC(N3CCc4sccc4C3)C2)cc1. The molecule has 0 radical (unpaired) electrons. The molecule has 0 atom stereocenters. The van der Waals surface area contributed by atoms with E-state index < -0.39 is 0 Å². The smallest absolute Gasteiger partial charge is 0.223 e. The number of carbonyl (C=O) groups excluding carboxylic acids is 1. The van der Waals surface area contributed by atoms with Crippen molar-refractivity contribution in [2.24, 2.45) is 0 Å². The maximum Gasteiger partial charge on any atom is 0.223 e. The van der Waals surface area contributed by atoms with Crippen LogP contribution in [0.25, 0.3) is 0 Å². The molecule has 25 heavy (non-hydrogen) atoms. The molecule has 0 saturated carbocycles. The molecule has 3 nitrogen and oxygen atoms in total. The van der Waals surface area contributed by atoms with E-state index in [0.717, 1.165) is 32.6 Å². The quantitative estimate of drug-likeness (QED) is 0.748. The third-order valence-corrected chi connectivity index (χ3v) is 7.12. The maximum atomic E-state index is 12.4. The predicted molar refractivity (Wildman–Crippen MR) is 105 cm³/mol. The minimum absolute atomic E-state index is 0.304. The van der Waals surface area contributed by atoms with Crippen molar-refractivity contribution in [3.8, 4) is 0 Å². The van der Waals surface area contributed by atoms with Gasteiger partial charge in [0.05, 0.1) is 0 Å². The summed E-state index contributed by atoms with van der Waals surface area (Å²) in [6.45, 7) is 4.02. The van der Waals surface area contributed by atoms with Crippen molar-refractivity contribution in [2.45, 2.75) is 36.7 Å². The van der Waals surface area contributed by atoms with Crippen molar-refractivity contribution >= 4 is 29.0 Å². The maximum absolute atomic E-state index is 12.4. The van der Waals surface area contributed by atoms with Gasteiger partial charge in [-0.1, -0.05) is 12.1 Å². The summed E-state index contributed by atoms with van der Waals surface area (Å²) in [5, 5.41) is 2.20. The molecule has 2 aliphatic heterocycles. The molecule has 132 valence electrons. The third-order valence-electron chi connectivity index (χ3n) is 5.36. The summed E-state index contributed by atoms with van der Waals surface area (Å²) >= 11 is 3.63. The molecule has 5 heteroatoms. The van der Waals surface area contributed by atoms with Crippen LogP contribution in [0.5, 0.6) is 0 Å². The molecular weight excluding hydrogens is 348 g/mol. The monoisotopic (exact) mass is 372 g/mol. The van der Waals surface area contributed by atoms with Gasteiger partial charge in [-0.05, 0) is 53.8 Å². The summed E-state index contributed by atoms with van der Waals surface area (Å²) in [7, 11) is 0. The summed E-state index contributed by atoms with van der Waals surface area (Å²) in [5.74, 6) is 0.304. The number of likely N-dealkylation sites (tertiary alicyclic amines) is 1. The van der Waals surface area contributed by atoms with Gasteiger partial charge in [0.1, 0.15) is 0 Å². The highest BCUT2D eigenvalue weighted by Gasteiger charge is 2.35. The van der Waals surface area contributed by atoms with Crippen LogP contribution >= 0.6 is 23.1 Å². The Bertz CT molecular complexity index is 734. The molecule has 4 rings (SSSR count). The average Bonchev–Trinajstić information content (AvgIpc) is 3.07. The van der Waals surface area contributed by atoms with Crippen molar-refractivity contribution in [2.75, 3.05) is 25.9 Å². The Morgan fingerprint density at radius 2 is 2.04 bits per heavy atom. The highest BCUT2D eigenvalue weighted by Crippen LogP contribution is 2.28. The van der Waals surface area contributed by atoms with Crippen LogP contribution in [-0.4, -0.2) is 47.6 Å². The second kappa shape index (κ2) is 7.52. The highest BCUT2D eigenvalue weighted by atomic mass is 32.2. The minimum Gasteiger partial charge on any atom is -0.339 e. The molecule has 1 amide bonds. The average molecular weight is 373 g/mol. The molecule has 0 aliphatic carbocycles. The third kappa shape index (κ3) is 3.78. The Morgan fingerprint density at radius 3 is 2.80 bits per heavy atom. The van der Waals surface area contributed by atoms with E-state index in [9.17, 15) is 4.79 Å². The number of hydrogen-bond acceptors (Lipinski definition) is 4. The first kappa shape index (κ1) is 17.1. The fraction of sp³-hybridized carbons (Fsp3) is 0.450. The number of aryl methyl sites for hydroxylation is 1. The first-order valence-electron chi connectivity index (χ1n) is 8.93. The van der Waals surface area contributed by atoms with E-state index >= 15 is 0 Å². The Labute approximate surface area is 158 Å². The van der Waals surface area contributed by atoms with Gasteiger partial charge in [-0.3, -0.25) is 9.69 Å². The van der Waals surface area contributed by atoms with Crippen LogP contribution in [0.15, 0.2) is 40.6 Å². The molecule has 1 saturated heterocycles. The lowest BCUT2D eigenvalue weighted by Gasteiger charge is -2.46. The molecular formula is C20H24N2OS2. The van der Waals surface area contributed by atoms with E-state index in [-0.39, 0.29) is 0 Å². The van der Waals surface area contributed by atoms with Crippen LogP contribution < -0.4 is 0 Å². The Balaban J connectivity index is 1.23. The fourth-order valence-corrected chi connectivity index (χ4v) is 4.97. The van der Waals surface area contributed by atoms with Gasteiger partial charge in [-0.2, -0.15) is 0 Å². The van der Waals surface area contributed by atoms with Crippen molar-refractivity contribution in [1.29, 1.82) is 0 Å². The zero-order chi connectivity index (χ0) is 17.2. The minimum atomic E-state index is 0.304. The number of rotatable bonds is 5. The summed E-state index contributed by atoms with van der Waals surface area (Å²) in [4.78, 5) is 19.8. The summed E-state index contributed by atoms with van der Waals surface area (Å²) in [5.41, 5.74) is 2.75. The number of hydrogen-bond donors (Lipinski definition) is 0. The van der Waals surface area contributed by atoms with Gasteiger partial charge in [0.2, 0.25) is 5.91 Å². The molecule has 0 spiro atoms. The van der Waals surface area contributed by atoms with Gasteiger partial charge in [-0.15, -0.1) is 23.1 Å². The van der Waals surface area contributed by atoms with Crippen LogP contribution in [-0.2, 0) is 24.2 Å². The molecule has 2 aliphatic rings. The number of fused-ring (bicyclic) bond motifs is 1. The molecule has 0 N–H and O–H groups in total. The number of benzene rings is 1. The first-order valence-corrected chi connectivity index (χ1v) is 11.0. The van der Waals surface area contributed by atoms with E-state index in [4.69, 9.17) is 0 Å². The number of thioether (sulfide) groups is 1. The largest absolute Gasteiger partial charge is 0.339 e. The first-order chi connectivity index (χ1) is 12.2. The second-order valence-electron chi connectivity index (χ2n) is 6.89. The number of amides is 1. The van der Waals surface area contributed by atoms with E-state index in [1.807, 2.05) is 16.2 Å². The van der Waals surface area contributed by atoms with Crippen molar-refractivity contribution in [3.05, 3.63) is 51.7 Å². The Morgan fingerprint density at radius 1 is 1.24 bits per heavy atom. The zero-order valence-corrected chi connectivity index (χ0v) is 16.2. The van der Waals surface area contributed by atoms with Crippen LogP contribution in [0, 0.1) is 0 Å². The van der Waals surface area contributed by atoms with Gasteiger partial charge >= 0.3 is 0 Å². The summed E-state index contributed by atoms with van der Waals surface area (Å²) in [6.07, 6.45) is 4.72. The Hall–Kier alpha value is -1.30. The van der Waals surface area contributed by atoms with Crippen LogP contribution in [0.1, 0.15) is 22.4 Å². The second-order valence-corrected chi connectivity index (χ2v) is 8.77. The molecule has 1 fully saturated rings. The highest BCUT2D eigenvalue weighted by molar-refractivity contribution is 7.98. The number of carbonyl (C=O) groups is 1. The van der Waals surface area contributed by atoms with Gasteiger partial charge < -0.3 is 4.90 Å². The molecule has 0 unspecified atom stereocenters. The molecule has 2 aromatic rings. The van der Waals surface area contributed by atoms with Crippen LogP contribution in [0.3, 0.4) is 0 Å². The predicted octanol–water partition coefficient (Wildman–Crippen LogP) is 3.67. The zero-order valence-electron chi connectivity index (χ0n) is 14.6. The lowest BCUT2D eigenvalue weighted by molar-refractivity contribution is -0.138. The molecule has 0 bridgehead atoms. The number of nitrogens with zero attached hydrogens (tertiary/aromatic N) is 2. The summed E-state index contributed by atoms with van der Waals surface area (Å²) in [6, 6.07) is 11.4. The standard InChI is InChI=1S/C20H24N2OS2/c1-24-18-5-2-15(3-6-18)4-7-20(23)22-13-17(14-22)21-10-8-19-16(12-21)9-11-25-19/h2-3,5-6,9,11,17H,4,7-8,10,12-14H2,1H3. The van der Waals surface area contributed by atoms with Crippen LogP contribution in [0.4, 0.5) is 0 Å². The number of thiophene rings is 1. The van der Waals surface area contributed by atoms with E-state index in [2.05, 4.69) is 46.9 Å². The van der Waals surface area contributed by atoms with Gasteiger partial charge in [0, 0.05) is 48.4 Å². The van der Waals surface area contributed by atoms with Crippen LogP contribution in [0.2, 0.25) is 0 Å². The Kier molecular flexibility index (Phi) is 5.15. The van der Waals surface area contributed by atoms with Crippen molar-refractivity contribution in [3.63, 3.8) is 0 Å². The lowest BCUT2D eigenvalue weighted by Crippen LogP contribution is -2.61. The van der Waals surface area contributed by atoms with Crippen molar-refractivity contribution < 1.29 is 4.79 Å². The van der Waals surface area contributed by atoms with E-state index in [0.29, 0.717) is 18.4 Å². The lowest BCUT2D eigenvalue weighted by atomic mass is 10.0. The topological polar surface area (TPSA) is 23.6 Å². The summed E-state index contributed by atoms with van der Waals surface area (Å²) < 4.78 is 0. The van der Waals surface area contributed by atoms with Gasteiger partial charge in [-0.25, -0.2) is 0 Å². The van der Waals surface area contributed by atoms with Crippen molar-refractivity contribution in [1.82, 2.24) is 9.80 Å². The van der Waals surface area contributed by atoms with Gasteiger partial charge in [0.25, 0.3) is 0 Å². The fourth-order valence-electron chi connectivity index (χ4n) is 3.67. The van der Waals surface area contributed by atoms with Gasteiger partial charge in [0.15, 0.2) is 0 Å². The van der Waals surface area contributed by atoms with E-state index in [1.54, 1.807) is 16.6 Å². The molecule has 3 heterocycles. The normalized spacial score (nSPS) is 18.0. The molecule has 1 aromatic heterocycles. The molecule has 1 aromatic carbocycles. The van der Waals surface area contributed by atoms with E-state index in [1.165, 1.54) is 22.4 Å².